The molecule has 0 spiro atoms. The van der Waals surface area contributed by atoms with Crippen molar-refractivity contribution >= 4 is 17.7 Å². The molecule has 2 heterocycles. The molecule has 31 heavy (non-hydrogen) atoms. The van der Waals surface area contributed by atoms with Crippen molar-refractivity contribution in [3.8, 4) is 0 Å². The van der Waals surface area contributed by atoms with Crippen LogP contribution in [-0.4, -0.2) is 22.6 Å². The van der Waals surface area contributed by atoms with Crippen molar-refractivity contribution in [3.05, 3.63) is 94.4 Å². The van der Waals surface area contributed by atoms with Gasteiger partial charge in [0.05, 0.1) is 29.5 Å². The van der Waals surface area contributed by atoms with Crippen molar-refractivity contribution in [2.75, 3.05) is 0 Å². The summed E-state index contributed by atoms with van der Waals surface area (Å²) in [6.07, 6.45) is -2.99. The fraction of sp³-hybridized carbons (Fsp3) is 0.136. The third kappa shape index (κ3) is 4.07. The lowest BCUT2D eigenvalue weighted by Gasteiger charge is -2.11. The Kier molecular flexibility index (Phi) is 5.10. The quantitative estimate of drug-likeness (QED) is 0.623. The second-order valence-electron chi connectivity index (χ2n) is 6.91. The summed E-state index contributed by atoms with van der Waals surface area (Å²) >= 11 is 0. The van der Waals surface area contributed by atoms with E-state index < -0.39 is 29.5 Å². The minimum absolute atomic E-state index is 0.00551. The summed E-state index contributed by atoms with van der Waals surface area (Å²) in [5.74, 6) is -1.08. The molecular weight excluding hydrogens is 413 g/mol. The SMILES string of the molecule is O=C(NCc1ccc(C(F)(F)F)cc1)c1ccc2c(c1)C(=O)N(Cc1ccco1)C2=O. The Bertz CT molecular complexity index is 1150. The van der Waals surface area contributed by atoms with E-state index in [4.69, 9.17) is 4.42 Å². The molecule has 3 amide bonds. The minimum Gasteiger partial charge on any atom is -0.467 e. The predicted molar refractivity (Wildman–Crippen MR) is 102 cm³/mol. The van der Waals surface area contributed by atoms with E-state index in [2.05, 4.69) is 5.32 Å². The third-order valence-electron chi connectivity index (χ3n) is 4.86. The highest BCUT2D eigenvalue weighted by atomic mass is 19.4. The Labute approximate surface area is 174 Å². The molecule has 0 unspecified atom stereocenters. The number of fused-ring (bicyclic) bond motifs is 1. The first-order valence-corrected chi connectivity index (χ1v) is 9.21. The molecular formula is C22H15F3N2O4. The fourth-order valence-corrected chi connectivity index (χ4v) is 3.23. The van der Waals surface area contributed by atoms with Crippen LogP contribution in [0.15, 0.2) is 65.3 Å². The van der Waals surface area contributed by atoms with Gasteiger partial charge in [0, 0.05) is 12.1 Å². The summed E-state index contributed by atoms with van der Waals surface area (Å²) in [7, 11) is 0. The van der Waals surface area contributed by atoms with Gasteiger partial charge < -0.3 is 9.73 Å². The highest BCUT2D eigenvalue weighted by Gasteiger charge is 2.36. The van der Waals surface area contributed by atoms with Crippen molar-refractivity contribution in [1.82, 2.24) is 10.2 Å². The molecule has 1 N–H and O–H groups in total. The lowest BCUT2D eigenvalue weighted by atomic mass is 10.1. The van der Waals surface area contributed by atoms with Crippen LogP contribution in [-0.2, 0) is 19.3 Å². The maximum atomic E-state index is 12.6. The molecule has 0 saturated heterocycles. The second-order valence-corrected chi connectivity index (χ2v) is 6.91. The average molecular weight is 428 g/mol. The number of benzene rings is 2. The first-order chi connectivity index (χ1) is 14.7. The molecule has 0 radical (unpaired) electrons. The average Bonchev–Trinajstić information content (AvgIpc) is 3.34. The summed E-state index contributed by atoms with van der Waals surface area (Å²) in [6, 6.07) is 11.9. The Morgan fingerprint density at radius 1 is 0.968 bits per heavy atom. The topological polar surface area (TPSA) is 79.6 Å². The lowest BCUT2D eigenvalue weighted by molar-refractivity contribution is -0.137. The van der Waals surface area contributed by atoms with Gasteiger partial charge in [-0.25, -0.2) is 0 Å². The number of nitrogens with one attached hydrogen (secondary N) is 1. The Hall–Kier alpha value is -3.88. The maximum absolute atomic E-state index is 12.6. The summed E-state index contributed by atoms with van der Waals surface area (Å²) in [6.45, 7) is -0.0135. The predicted octanol–water partition coefficient (Wildman–Crippen LogP) is 4.02. The molecule has 6 nitrogen and oxygen atoms in total. The molecule has 2 aromatic carbocycles. The number of imide groups is 1. The smallest absolute Gasteiger partial charge is 0.416 e. The van der Waals surface area contributed by atoms with E-state index in [1.807, 2.05) is 0 Å². The molecule has 9 heteroatoms. The van der Waals surface area contributed by atoms with Crippen LogP contribution in [0.5, 0.6) is 0 Å². The van der Waals surface area contributed by atoms with Gasteiger partial charge in [-0.2, -0.15) is 13.2 Å². The number of furan rings is 1. The van der Waals surface area contributed by atoms with Gasteiger partial charge in [-0.15, -0.1) is 0 Å². The molecule has 4 rings (SSSR count). The van der Waals surface area contributed by atoms with Gasteiger partial charge in [0.25, 0.3) is 17.7 Å². The van der Waals surface area contributed by atoms with E-state index in [1.54, 1.807) is 12.1 Å². The van der Waals surface area contributed by atoms with Crippen molar-refractivity contribution in [2.45, 2.75) is 19.3 Å². The minimum atomic E-state index is -4.43. The van der Waals surface area contributed by atoms with Gasteiger partial charge in [-0.1, -0.05) is 12.1 Å². The van der Waals surface area contributed by atoms with Gasteiger partial charge in [-0.3, -0.25) is 19.3 Å². The number of carbonyl (C=O) groups is 3. The molecule has 3 aromatic rings. The zero-order valence-corrected chi connectivity index (χ0v) is 15.9. The Morgan fingerprint density at radius 2 is 1.68 bits per heavy atom. The van der Waals surface area contributed by atoms with Crippen molar-refractivity contribution in [2.24, 2.45) is 0 Å². The third-order valence-corrected chi connectivity index (χ3v) is 4.86. The van der Waals surface area contributed by atoms with Crippen LogP contribution in [0.3, 0.4) is 0 Å². The highest BCUT2D eigenvalue weighted by molar-refractivity contribution is 6.22. The first-order valence-electron chi connectivity index (χ1n) is 9.21. The van der Waals surface area contributed by atoms with Gasteiger partial charge in [0.2, 0.25) is 0 Å². The van der Waals surface area contributed by atoms with Gasteiger partial charge in [-0.05, 0) is 48.0 Å². The number of hydrogen-bond acceptors (Lipinski definition) is 4. The maximum Gasteiger partial charge on any atom is 0.416 e. The van der Waals surface area contributed by atoms with Crippen LogP contribution in [0.1, 0.15) is 48.0 Å². The van der Waals surface area contributed by atoms with Crippen LogP contribution in [0, 0.1) is 0 Å². The van der Waals surface area contributed by atoms with E-state index in [9.17, 15) is 27.6 Å². The molecule has 158 valence electrons. The molecule has 0 saturated carbocycles. The lowest BCUT2D eigenvalue weighted by Crippen LogP contribution is -2.28. The van der Waals surface area contributed by atoms with Crippen molar-refractivity contribution in [3.63, 3.8) is 0 Å². The van der Waals surface area contributed by atoms with Crippen molar-refractivity contribution < 1.29 is 32.0 Å². The number of carbonyl (C=O) groups excluding carboxylic acids is 3. The van der Waals surface area contributed by atoms with E-state index in [-0.39, 0.29) is 29.8 Å². The number of rotatable bonds is 5. The summed E-state index contributed by atoms with van der Waals surface area (Å²) in [5.41, 5.74) is 0.170. The number of alkyl halides is 3. The normalized spacial score (nSPS) is 13.5. The molecule has 1 aromatic heterocycles. The van der Waals surface area contributed by atoms with Gasteiger partial charge >= 0.3 is 6.18 Å². The Morgan fingerprint density at radius 3 is 2.32 bits per heavy atom. The zero-order chi connectivity index (χ0) is 22.2. The Balaban J connectivity index is 1.45. The number of halogens is 3. The van der Waals surface area contributed by atoms with Gasteiger partial charge in [0.1, 0.15) is 5.76 Å². The molecule has 0 atom stereocenters. The van der Waals surface area contributed by atoms with Gasteiger partial charge in [0.15, 0.2) is 0 Å². The zero-order valence-electron chi connectivity index (χ0n) is 15.9. The summed E-state index contributed by atoms with van der Waals surface area (Å²) in [5, 5.41) is 2.59. The van der Waals surface area contributed by atoms with Crippen LogP contribution in [0.2, 0.25) is 0 Å². The van der Waals surface area contributed by atoms with Crippen LogP contribution < -0.4 is 5.32 Å². The first kappa shape index (κ1) is 20.4. The molecule has 1 aliphatic heterocycles. The number of hydrogen-bond donors (Lipinski definition) is 1. The standard InChI is InChI=1S/C22H15F3N2O4/c23-22(24,25)15-6-3-13(4-7-15)11-26-19(28)14-5-8-17-18(10-14)21(30)27(20(17)29)12-16-2-1-9-31-16/h1-10H,11-12H2,(H,26,28). The summed E-state index contributed by atoms with van der Waals surface area (Å²) < 4.78 is 43.1. The molecule has 0 fully saturated rings. The molecule has 0 aliphatic carbocycles. The molecule has 0 bridgehead atoms. The second kappa shape index (κ2) is 7.75. The van der Waals surface area contributed by atoms with E-state index >= 15 is 0 Å². The highest BCUT2D eigenvalue weighted by Crippen LogP contribution is 2.29. The van der Waals surface area contributed by atoms with E-state index in [0.717, 1.165) is 17.0 Å². The number of amides is 3. The largest absolute Gasteiger partial charge is 0.467 e. The van der Waals surface area contributed by atoms with E-state index in [0.29, 0.717) is 11.3 Å². The van der Waals surface area contributed by atoms with Crippen molar-refractivity contribution in [1.29, 1.82) is 0 Å². The monoisotopic (exact) mass is 428 g/mol. The number of nitrogens with zero attached hydrogens (tertiary/aromatic N) is 1. The van der Waals surface area contributed by atoms with E-state index in [1.165, 1.54) is 36.6 Å². The fourth-order valence-electron chi connectivity index (χ4n) is 3.23. The van der Waals surface area contributed by atoms with Crippen LogP contribution >= 0.6 is 0 Å². The summed E-state index contributed by atoms with van der Waals surface area (Å²) in [4.78, 5) is 38.6. The van der Waals surface area contributed by atoms with Crippen LogP contribution in [0.4, 0.5) is 13.2 Å². The van der Waals surface area contributed by atoms with Crippen LogP contribution in [0.25, 0.3) is 0 Å². The molecule has 1 aliphatic rings.